The van der Waals surface area contributed by atoms with E-state index in [1.165, 1.54) is 16.7 Å². The van der Waals surface area contributed by atoms with E-state index >= 15 is 0 Å². The number of anilines is 2. The Hall–Kier alpha value is -3.20. The molecule has 3 unspecified atom stereocenters. The first-order chi connectivity index (χ1) is 16.9. The van der Waals surface area contributed by atoms with E-state index in [4.69, 9.17) is 4.74 Å². The predicted molar refractivity (Wildman–Crippen MR) is 138 cm³/mol. The van der Waals surface area contributed by atoms with Crippen LogP contribution in [0.2, 0.25) is 0 Å². The van der Waals surface area contributed by atoms with Crippen molar-refractivity contribution >= 4 is 41.0 Å². The van der Waals surface area contributed by atoms with Crippen LogP contribution in [0.3, 0.4) is 0 Å². The van der Waals surface area contributed by atoms with Gasteiger partial charge in [-0.25, -0.2) is 4.79 Å². The van der Waals surface area contributed by atoms with Crippen molar-refractivity contribution in [2.24, 2.45) is 0 Å². The van der Waals surface area contributed by atoms with E-state index in [0.29, 0.717) is 22.9 Å². The van der Waals surface area contributed by atoms with Gasteiger partial charge in [-0.3, -0.25) is 9.59 Å². The average molecular weight is 497 g/mol. The van der Waals surface area contributed by atoms with Crippen LogP contribution in [0.15, 0.2) is 53.4 Å². The molecule has 0 saturated carbocycles. The second-order valence-corrected chi connectivity index (χ2v) is 10.1. The van der Waals surface area contributed by atoms with Crippen LogP contribution < -0.4 is 20.3 Å². The van der Waals surface area contributed by atoms with Crippen molar-refractivity contribution in [2.75, 3.05) is 29.6 Å². The number of likely N-dealkylation sites (tertiary alicyclic amines) is 1. The number of rotatable bonds is 5. The summed E-state index contributed by atoms with van der Waals surface area (Å²) >= 11 is 1.49. The van der Waals surface area contributed by atoms with E-state index < -0.39 is 12.1 Å². The minimum atomic E-state index is -0.790. The molecule has 2 N–H and O–H groups in total. The summed E-state index contributed by atoms with van der Waals surface area (Å²) in [5.74, 6) is 0.612. The molecule has 0 bridgehead atoms. The zero-order chi connectivity index (χ0) is 24.9. The summed E-state index contributed by atoms with van der Waals surface area (Å²) < 4.78 is 5.20. The number of benzene rings is 2. The quantitative estimate of drug-likeness (QED) is 0.650. The molecule has 9 heteroatoms. The van der Waals surface area contributed by atoms with Crippen LogP contribution in [-0.4, -0.2) is 60.3 Å². The average Bonchev–Trinajstić information content (AvgIpc) is 2.96. The molecule has 2 heterocycles. The van der Waals surface area contributed by atoms with Crippen LogP contribution in [0.4, 0.5) is 16.2 Å². The fraction of sp³-hybridized carbons (Fsp3) is 0.423. The van der Waals surface area contributed by atoms with Gasteiger partial charge in [-0.2, -0.15) is 0 Å². The molecule has 0 spiro atoms. The highest BCUT2D eigenvalue weighted by molar-refractivity contribution is 7.99. The summed E-state index contributed by atoms with van der Waals surface area (Å²) in [6.07, 6.45) is 3.03. The van der Waals surface area contributed by atoms with Crippen LogP contribution in [-0.2, 0) is 9.59 Å². The molecule has 2 aliphatic rings. The van der Waals surface area contributed by atoms with E-state index in [9.17, 15) is 14.4 Å². The molecular weight excluding hydrogens is 464 g/mol. The number of fused-ring (bicyclic) bond motifs is 1. The topological polar surface area (TPSA) is 91.0 Å². The number of nitrogens with one attached hydrogen (secondary N) is 2. The maximum atomic E-state index is 13.7. The summed E-state index contributed by atoms with van der Waals surface area (Å²) in [6.45, 7) is 4.07. The van der Waals surface area contributed by atoms with Gasteiger partial charge < -0.3 is 25.2 Å². The summed E-state index contributed by atoms with van der Waals surface area (Å²) in [4.78, 5) is 44.2. The van der Waals surface area contributed by atoms with Crippen molar-refractivity contribution < 1.29 is 19.1 Å². The number of hydrogen-bond donors (Lipinski definition) is 2. The summed E-state index contributed by atoms with van der Waals surface area (Å²) in [6, 6.07) is 13.6. The van der Waals surface area contributed by atoms with Crippen LogP contribution >= 0.6 is 11.8 Å². The number of nitrogens with zero attached hydrogens (tertiary/aromatic N) is 2. The van der Waals surface area contributed by atoms with E-state index in [2.05, 4.69) is 24.5 Å². The number of methoxy groups -OCH3 is 1. The number of para-hydroxylation sites is 1. The Kier molecular flexibility index (Phi) is 7.85. The first-order valence-electron chi connectivity index (χ1n) is 11.9. The van der Waals surface area contributed by atoms with Crippen molar-refractivity contribution in [2.45, 2.75) is 56.1 Å². The highest BCUT2D eigenvalue weighted by Gasteiger charge is 2.36. The van der Waals surface area contributed by atoms with Gasteiger partial charge in [-0.05, 0) is 57.4 Å². The maximum absolute atomic E-state index is 13.7. The minimum absolute atomic E-state index is 0.0548. The molecule has 0 radical (unpaired) electrons. The highest BCUT2D eigenvalue weighted by Crippen LogP contribution is 2.34. The Morgan fingerprint density at radius 3 is 2.57 bits per heavy atom. The van der Waals surface area contributed by atoms with Crippen molar-refractivity contribution in [3.8, 4) is 5.75 Å². The number of ether oxygens (including phenoxy) is 1. The molecule has 0 aromatic heterocycles. The van der Waals surface area contributed by atoms with Gasteiger partial charge in [-0.1, -0.05) is 18.2 Å². The predicted octanol–water partition coefficient (Wildman–Crippen LogP) is 4.11. The van der Waals surface area contributed by atoms with Crippen LogP contribution in [0.25, 0.3) is 0 Å². The number of thioether (sulfide) groups is 1. The molecule has 1 saturated heterocycles. The van der Waals surface area contributed by atoms with Crippen molar-refractivity contribution in [1.29, 1.82) is 0 Å². The minimum Gasteiger partial charge on any atom is -0.497 e. The molecule has 35 heavy (non-hydrogen) atoms. The Bertz CT molecular complexity index is 1080. The molecule has 4 rings (SSSR count). The third-order valence-electron chi connectivity index (χ3n) is 6.53. The molecule has 2 aromatic rings. The first kappa shape index (κ1) is 24.9. The van der Waals surface area contributed by atoms with Gasteiger partial charge in [0, 0.05) is 34.5 Å². The molecular formula is C26H32N4O4S. The van der Waals surface area contributed by atoms with Gasteiger partial charge in [0.15, 0.2) is 0 Å². The van der Waals surface area contributed by atoms with Crippen molar-refractivity contribution in [1.82, 2.24) is 10.2 Å². The number of hydrogen-bond acceptors (Lipinski definition) is 5. The Labute approximate surface area is 210 Å². The van der Waals surface area contributed by atoms with Gasteiger partial charge in [-0.15, -0.1) is 11.8 Å². The molecule has 2 aliphatic heterocycles. The third-order valence-corrected chi connectivity index (χ3v) is 7.69. The van der Waals surface area contributed by atoms with E-state index in [1.807, 2.05) is 29.2 Å². The standard InChI is InChI=1S/C26H32N4O4S/c1-17-8-6-9-18(2)30(17)24(31)15-29-22-12-4-5-13-23(22)35-16-21(25(29)32)28-26(33)27-19-10-7-11-20(14-19)34-3/h4-5,7,10-14,17-18,21H,6,8-9,15-16H2,1-3H3,(H2,27,28,33). The van der Waals surface area contributed by atoms with Crippen molar-refractivity contribution in [3.63, 3.8) is 0 Å². The number of urea groups is 1. The monoisotopic (exact) mass is 496 g/mol. The lowest BCUT2D eigenvalue weighted by atomic mass is 9.97. The van der Waals surface area contributed by atoms with Crippen LogP contribution in [0, 0.1) is 0 Å². The lowest BCUT2D eigenvalue weighted by molar-refractivity contribution is -0.137. The Balaban J connectivity index is 1.52. The van der Waals surface area contributed by atoms with Crippen molar-refractivity contribution in [3.05, 3.63) is 48.5 Å². The first-order valence-corrected chi connectivity index (χ1v) is 12.9. The SMILES string of the molecule is COc1cccc(NC(=O)NC2CSc3ccccc3N(CC(=O)N3C(C)CCCC3C)C2=O)c1. The number of amides is 4. The van der Waals surface area contributed by atoms with E-state index in [1.54, 1.807) is 31.4 Å². The molecule has 8 nitrogen and oxygen atoms in total. The molecule has 0 aliphatic carbocycles. The summed E-state index contributed by atoms with van der Waals surface area (Å²) in [7, 11) is 1.56. The lowest BCUT2D eigenvalue weighted by Crippen LogP contribution is -2.55. The molecule has 4 amide bonds. The largest absolute Gasteiger partial charge is 0.497 e. The molecule has 186 valence electrons. The van der Waals surface area contributed by atoms with Crippen LogP contribution in [0.1, 0.15) is 33.1 Å². The zero-order valence-electron chi connectivity index (χ0n) is 20.3. The number of piperidine rings is 1. The van der Waals surface area contributed by atoms with Gasteiger partial charge in [0.05, 0.1) is 12.8 Å². The molecule has 2 aromatic carbocycles. The molecule has 1 fully saturated rings. The van der Waals surface area contributed by atoms with E-state index in [0.717, 1.165) is 24.2 Å². The Morgan fingerprint density at radius 1 is 1.09 bits per heavy atom. The summed E-state index contributed by atoms with van der Waals surface area (Å²) in [5.41, 5.74) is 1.25. The second kappa shape index (κ2) is 11.0. The Morgan fingerprint density at radius 2 is 1.83 bits per heavy atom. The van der Waals surface area contributed by atoms with Gasteiger partial charge in [0.1, 0.15) is 18.3 Å². The fourth-order valence-corrected chi connectivity index (χ4v) is 5.85. The van der Waals surface area contributed by atoms with Gasteiger partial charge in [0.2, 0.25) is 5.91 Å². The van der Waals surface area contributed by atoms with Gasteiger partial charge in [0.25, 0.3) is 5.91 Å². The fourth-order valence-electron chi connectivity index (χ4n) is 4.78. The van der Waals surface area contributed by atoms with Gasteiger partial charge >= 0.3 is 6.03 Å². The lowest BCUT2D eigenvalue weighted by Gasteiger charge is -2.40. The molecule has 3 atom stereocenters. The maximum Gasteiger partial charge on any atom is 0.319 e. The number of carbonyl (C=O) groups is 3. The summed E-state index contributed by atoms with van der Waals surface area (Å²) in [5, 5.41) is 5.56. The normalized spacial score (nSPS) is 22.1. The highest BCUT2D eigenvalue weighted by atomic mass is 32.2. The second-order valence-electron chi connectivity index (χ2n) is 9.02. The smallest absolute Gasteiger partial charge is 0.319 e. The third kappa shape index (κ3) is 5.73. The van der Waals surface area contributed by atoms with Crippen LogP contribution in [0.5, 0.6) is 5.75 Å². The number of carbonyl (C=O) groups excluding carboxylic acids is 3. The zero-order valence-corrected chi connectivity index (χ0v) is 21.1. The van der Waals surface area contributed by atoms with E-state index in [-0.39, 0.29) is 30.4 Å².